The number of likely N-dealkylation sites (tertiary alicyclic amines) is 1. The number of aromatic amines is 1. The summed E-state index contributed by atoms with van der Waals surface area (Å²) in [7, 11) is 1.54. The standard InChI is InChI=1S/C25H26Cl2N4O3S/c1-30(35(33)34)19-4-2-15(3-5-19)17-12-22(26)21(23(27)13-17)11-16-8-9-31(25(16)32)20-6-7-24-18(10-20)14-28-29-24/h2-5,12-14,16,20H,6-11H2,1H3,(H,28,29)(H,33,34). The van der Waals surface area contributed by atoms with E-state index in [-0.39, 0.29) is 17.9 Å². The number of fused-ring (bicyclic) bond motifs is 1. The number of aromatic nitrogens is 2. The van der Waals surface area contributed by atoms with Crippen LogP contribution in [-0.4, -0.2) is 49.4 Å². The van der Waals surface area contributed by atoms with Crippen LogP contribution in [0, 0.1) is 5.92 Å². The smallest absolute Gasteiger partial charge is 0.261 e. The van der Waals surface area contributed by atoms with Crippen molar-refractivity contribution in [2.75, 3.05) is 17.9 Å². The van der Waals surface area contributed by atoms with Gasteiger partial charge in [-0.25, -0.2) is 4.21 Å². The summed E-state index contributed by atoms with van der Waals surface area (Å²) in [4.78, 5) is 15.3. The van der Waals surface area contributed by atoms with E-state index in [1.807, 2.05) is 35.4 Å². The van der Waals surface area contributed by atoms with Gasteiger partial charge >= 0.3 is 0 Å². The first-order chi connectivity index (χ1) is 16.8. The molecular formula is C25H26Cl2N4O3S. The quantitative estimate of drug-likeness (QED) is 0.441. The number of amides is 1. The molecule has 0 saturated carbocycles. The molecule has 7 nitrogen and oxygen atoms in total. The minimum absolute atomic E-state index is 0.129. The van der Waals surface area contributed by atoms with Crippen molar-refractivity contribution >= 4 is 46.1 Å². The lowest BCUT2D eigenvalue weighted by Crippen LogP contribution is -2.41. The van der Waals surface area contributed by atoms with E-state index in [0.717, 1.165) is 48.9 Å². The van der Waals surface area contributed by atoms with Crippen LogP contribution in [0.25, 0.3) is 11.1 Å². The number of carbonyl (C=O) groups is 1. The number of anilines is 1. The molecule has 0 radical (unpaired) electrons. The third-order valence-corrected chi connectivity index (χ3v) is 8.53. The van der Waals surface area contributed by atoms with Gasteiger partial charge in [0.25, 0.3) is 11.3 Å². The van der Waals surface area contributed by atoms with E-state index < -0.39 is 11.3 Å². The molecule has 3 aromatic rings. The first-order valence-electron chi connectivity index (χ1n) is 11.6. The Balaban J connectivity index is 1.29. The maximum absolute atomic E-state index is 13.3. The molecular weight excluding hydrogens is 507 g/mol. The Morgan fingerprint density at radius 2 is 1.89 bits per heavy atom. The summed E-state index contributed by atoms with van der Waals surface area (Å²) in [5.41, 5.74) is 5.55. The minimum Gasteiger partial charge on any atom is -0.339 e. The van der Waals surface area contributed by atoms with Crippen LogP contribution >= 0.6 is 23.2 Å². The van der Waals surface area contributed by atoms with Crippen molar-refractivity contribution < 1.29 is 13.6 Å². The van der Waals surface area contributed by atoms with Crippen molar-refractivity contribution in [2.24, 2.45) is 5.92 Å². The largest absolute Gasteiger partial charge is 0.339 e. The summed E-state index contributed by atoms with van der Waals surface area (Å²) in [6, 6.07) is 11.2. The first kappa shape index (κ1) is 24.3. The Labute approximate surface area is 216 Å². The predicted octanol–water partition coefficient (Wildman–Crippen LogP) is 4.90. The highest BCUT2D eigenvalue weighted by Gasteiger charge is 2.37. The average Bonchev–Trinajstić information content (AvgIpc) is 3.46. The fourth-order valence-corrected chi connectivity index (χ4v) is 6.09. The molecule has 2 aromatic carbocycles. The molecule has 10 heteroatoms. The number of carbonyl (C=O) groups excluding carboxylic acids is 1. The highest BCUT2D eigenvalue weighted by Crippen LogP contribution is 2.37. The van der Waals surface area contributed by atoms with E-state index in [1.165, 1.54) is 15.6 Å². The fourth-order valence-electron chi connectivity index (χ4n) is 5.14. The van der Waals surface area contributed by atoms with Crippen molar-refractivity contribution in [3.8, 4) is 11.1 Å². The van der Waals surface area contributed by atoms with Crippen LogP contribution in [0.5, 0.6) is 0 Å². The molecule has 1 fully saturated rings. The number of benzene rings is 2. The van der Waals surface area contributed by atoms with Gasteiger partial charge in [-0.1, -0.05) is 35.3 Å². The molecule has 0 spiro atoms. The highest BCUT2D eigenvalue weighted by atomic mass is 35.5. The van der Waals surface area contributed by atoms with Gasteiger partial charge in [0, 0.05) is 41.3 Å². The van der Waals surface area contributed by atoms with Gasteiger partial charge in [-0.05, 0) is 78.6 Å². The van der Waals surface area contributed by atoms with Crippen LogP contribution in [0.1, 0.15) is 29.7 Å². The third kappa shape index (κ3) is 4.85. The van der Waals surface area contributed by atoms with Crippen molar-refractivity contribution in [3.05, 3.63) is 69.5 Å². The zero-order valence-corrected chi connectivity index (χ0v) is 21.5. The first-order valence-corrected chi connectivity index (χ1v) is 13.4. The molecule has 2 N–H and O–H groups in total. The van der Waals surface area contributed by atoms with Gasteiger partial charge < -0.3 is 4.90 Å². The number of hydrogen-bond acceptors (Lipinski definition) is 3. The Bertz CT molecular complexity index is 1260. The van der Waals surface area contributed by atoms with Gasteiger partial charge in [0.15, 0.2) is 0 Å². The maximum atomic E-state index is 13.3. The number of nitrogens with zero attached hydrogens (tertiary/aromatic N) is 3. The van der Waals surface area contributed by atoms with Gasteiger partial charge in [0.1, 0.15) is 0 Å². The molecule has 3 unspecified atom stereocenters. The van der Waals surface area contributed by atoms with E-state index in [4.69, 9.17) is 23.2 Å². The van der Waals surface area contributed by atoms with E-state index >= 15 is 0 Å². The summed E-state index contributed by atoms with van der Waals surface area (Å²) in [5, 5.41) is 8.27. The lowest BCUT2D eigenvalue weighted by atomic mass is 9.92. The van der Waals surface area contributed by atoms with Crippen LogP contribution in [-0.2, 0) is 35.3 Å². The van der Waals surface area contributed by atoms with Gasteiger partial charge in [0.05, 0.1) is 11.9 Å². The number of halogens is 2. The van der Waals surface area contributed by atoms with Gasteiger partial charge in [0.2, 0.25) is 5.91 Å². The molecule has 5 rings (SSSR count). The van der Waals surface area contributed by atoms with Crippen molar-refractivity contribution in [3.63, 3.8) is 0 Å². The lowest BCUT2D eigenvalue weighted by Gasteiger charge is -2.31. The molecule has 2 aliphatic rings. The van der Waals surface area contributed by atoms with E-state index in [0.29, 0.717) is 22.2 Å². The second-order valence-corrected chi connectivity index (χ2v) is 11.0. The number of H-pyrrole nitrogens is 1. The SMILES string of the molecule is CN(c1ccc(-c2cc(Cl)c(CC3CCN(C4CCc5[nH]ncc5C4)C3=O)c(Cl)c2)cc1)S(=O)O. The van der Waals surface area contributed by atoms with Gasteiger partial charge in [-0.2, -0.15) is 5.10 Å². The Morgan fingerprint density at radius 1 is 1.17 bits per heavy atom. The second kappa shape index (κ2) is 9.93. The Kier molecular flexibility index (Phi) is 6.90. The summed E-state index contributed by atoms with van der Waals surface area (Å²) in [5.74, 6) is 0.0508. The Morgan fingerprint density at radius 3 is 2.57 bits per heavy atom. The van der Waals surface area contributed by atoms with Gasteiger partial charge in [-0.15, -0.1) is 0 Å². The van der Waals surface area contributed by atoms with E-state index in [2.05, 4.69) is 10.2 Å². The summed E-state index contributed by atoms with van der Waals surface area (Å²) >= 11 is 11.2. The van der Waals surface area contributed by atoms with E-state index in [1.54, 1.807) is 19.2 Å². The molecule has 1 aliphatic carbocycles. The van der Waals surface area contributed by atoms with Crippen LogP contribution in [0.3, 0.4) is 0 Å². The minimum atomic E-state index is -2.08. The molecule has 3 atom stereocenters. The van der Waals surface area contributed by atoms with Crippen LogP contribution < -0.4 is 4.31 Å². The van der Waals surface area contributed by atoms with Crippen molar-refractivity contribution in [2.45, 2.75) is 38.1 Å². The molecule has 184 valence electrons. The maximum Gasteiger partial charge on any atom is 0.261 e. The number of rotatable bonds is 6. The molecule has 2 heterocycles. The Hall–Kier alpha value is -2.39. The molecule has 1 saturated heterocycles. The predicted molar refractivity (Wildman–Crippen MR) is 139 cm³/mol. The molecule has 1 aromatic heterocycles. The zero-order valence-electron chi connectivity index (χ0n) is 19.2. The molecule has 0 bridgehead atoms. The molecule has 1 amide bonds. The summed E-state index contributed by atoms with van der Waals surface area (Å²) in [6.07, 6.45) is 5.91. The second-order valence-electron chi connectivity index (χ2n) is 9.19. The lowest BCUT2D eigenvalue weighted by molar-refractivity contribution is -0.133. The van der Waals surface area contributed by atoms with Crippen molar-refractivity contribution in [1.82, 2.24) is 15.1 Å². The highest BCUT2D eigenvalue weighted by molar-refractivity contribution is 7.80. The summed E-state index contributed by atoms with van der Waals surface area (Å²) < 4.78 is 21.8. The topological polar surface area (TPSA) is 89.5 Å². The summed E-state index contributed by atoms with van der Waals surface area (Å²) in [6.45, 7) is 0.758. The molecule has 1 aliphatic heterocycles. The van der Waals surface area contributed by atoms with Crippen LogP contribution in [0.15, 0.2) is 42.6 Å². The van der Waals surface area contributed by atoms with E-state index in [9.17, 15) is 13.6 Å². The monoisotopic (exact) mass is 532 g/mol. The zero-order chi connectivity index (χ0) is 24.7. The number of aryl methyl sites for hydroxylation is 1. The van der Waals surface area contributed by atoms with Crippen molar-refractivity contribution in [1.29, 1.82) is 0 Å². The third-order valence-electron chi connectivity index (χ3n) is 7.17. The fraction of sp³-hybridized carbons (Fsp3) is 0.360. The van der Waals surface area contributed by atoms with Crippen LogP contribution in [0.2, 0.25) is 10.0 Å². The molecule has 35 heavy (non-hydrogen) atoms. The average molecular weight is 533 g/mol. The van der Waals surface area contributed by atoms with Crippen LogP contribution in [0.4, 0.5) is 5.69 Å². The normalized spacial score (nSPS) is 20.7. The number of hydrogen-bond donors (Lipinski definition) is 2. The van der Waals surface area contributed by atoms with Gasteiger partial charge in [-0.3, -0.25) is 18.8 Å². The number of nitrogens with one attached hydrogen (secondary N) is 1.